The molecule has 230 valence electrons. The second-order valence-electron chi connectivity index (χ2n) is 12.6. The normalized spacial score (nSPS) is 11.7. The van der Waals surface area contributed by atoms with Crippen molar-refractivity contribution >= 4 is 71.6 Å². The van der Waals surface area contributed by atoms with Crippen molar-refractivity contribution in [2.24, 2.45) is 0 Å². The Morgan fingerprint density at radius 3 is 1.92 bits per heavy atom. The van der Waals surface area contributed by atoms with Gasteiger partial charge < -0.3 is 13.9 Å². The van der Waals surface area contributed by atoms with Crippen molar-refractivity contribution < 1.29 is 4.42 Å². The molecule has 0 radical (unpaired) electrons. The summed E-state index contributed by atoms with van der Waals surface area (Å²) in [4.78, 5) is 2.39. The molecule has 2 aromatic heterocycles. The summed E-state index contributed by atoms with van der Waals surface area (Å²) in [7, 11) is 0. The molecule has 49 heavy (non-hydrogen) atoms. The van der Waals surface area contributed by atoms with Gasteiger partial charge >= 0.3 is 0 Å². The van der Waals surface area contributed by atoms with E-state index < -0.39 is 0 Å². The third-order valence-corrected chi connectivity index (χ3v) is 9.74. The number of hydrogen-bond acceptors (Lipinski definition) is 2. The van der Waals surface area contributed by atoms with Crippen LogP contribution in [0, 0.1) is 0 Å². The fourth-order valence-corrected chi connectivity index (χ4v) is 7.53. The molecule has 0 unspecified atom stereocenters. The van der Waals surface area contributed by atoms with E-state index >= 15 is 0 Å². The van der Waals surface area contributed by atoms with Crippen LogP contribution in [0.5, 0.6) is 0 Å². The molecule has 0 aliphatic heterocycles. The largest absolute Gasteiger partial charge is 0.456 e. The minimum absolute atomic E-state index is 0.900. The Bertz CT molecular complexity index is 2830. The number of rotatable bonds is 5. The monoisotopic (exact) mass is 626 g/mol. The first-order valence-corrected chi connectivity index (χ1v) is 16.7. The molecule has 0 aliphatic rings. The lowest BCUT2D eigenvalue weighted by Gasteiger charge is -2.27. The van der Waals surface area contributed by atoms with Gasteiger partial charge in [0.05, 0.1) is 11.0 Å². The van der Waals surface area contributed by atoms with Crippen molar-refractivity contribution in [2.45, 2.75) is 0 Å². The Kier molecular flexibility index (Phi) is 6.18. The lowest BCUT2D eigenvalue weighted by Crippen LogP contribution is -2.10. The molecule has 0 amide bonds. The van der Waals surface area contributed by atoms with E-state index in [1.807, 2.05) is 12.1 Å². The van der Waals surface area contributed by atoms with Crippen LogP contribution in [0.1, 0.15) is 0 Å². The zero-order valence-electron chi connectivity index (χ0n) is 26.6. The van der Waals surface area contributed by atoms with Gasteiger partial charge in [0, 0.05) is 44.3 Å². The Morgan fingerprint density at radius 2 is 1.04 bits per heavy atom. The van der Waals surface area contributed by atoms with E-state index in [-0.39, 0.29) is 0 Å². The van der Waals surface area contributed by atoms with Crippen LogP contribution in [0.4, 0.5) is 17.1 Å². The van der Waals surface area contributed by atoms with E-state index in [0.717, 1.165) is 50.2 Å². The average Bonchev–Trinajstić information content (AvgIpc) is 3.72. The van der Waals surface area contributed by atoms with Gasteiger partial charge in [-0.3, -0.25) is 0 Å². The Morgan fingerprint density at radius 1 is 0.388 bits per heavy atom. The van der Waals surface area contributed by atoms with Crippen LogP contribution in [0.25, 0.3) is 71.3 Å². The van der Waals surface area contributed by atoms with Gasteiger partial charge in [0.1, 0.15) is 11.2 Å². The van der Waals surface area contributed by atoms with Crippen molar-refractivity contribution in [3.8, 4) is 16.8 Å². The van der Waals surface area contributed by atoms with E-state index in [9.17, 15) is 0 Å². The summed E-state index contributed by atoms with van der Waals surface area (Å²) in [5.41, 5.74) is 10.9. The number of para-hydroxylation sites is 3. The van der Waals surface area contributed by atoms with Gasteiger partial charge in [0.2, 0.25) is 0 Å². The molecule has 0 bridgehead atoms. The van der Waals surface area contributed by atoms with Gasteiger partial charge in [0.15, 0.2) is 0 Å². The molecule has 0 saturated carbocycles. The lowest BCUT2D eigenvalue weighted by molar-refractivity contribution is 0.669. The lowest BCUT2D eigenvalue weighted by atomic mass is 10.0. The number of benzene rings is 8. The average molecular weight is 627 g/mol. The summed E-state index contributed by atoms with van der Waals surface area (Å²) in [6.07, 6.45) is 0. The summed E-state index contributed by atoms with van der Waals surface area (Å²) in [6.45, 7) is 0. The van der Waals surface area contributed by atoms with Crippen LogP contribution in [0.2, 0.25) is 0 Å². The van der Waals surface area contributed by atoms with Gasteiger partial charge in [-0.1, -0.05) is 115 Å². The van der Waals surface area contributed by atoms with E-state index in [2.05, 4.69) is 179 Å². The zero-order chi connectivity index (χ0) is 32.3. The molecule has 8 aromatic carbocycles. The molecule has 0 atom stereocenters. The summed E-state index contributed by atoms with van der Waals surface area (Å²) in [5.74, 6) is 0. The maximum Gasteiger partial charge on any atom is 0.136 e. The van der Waals surface area contributed by atoms with Crippen LogP contribution >= 0.6 is 0 Å². The molecular formula is C46H30N2O. The number of fused-ring (bicyclic) bond motifs is 8. The number of nitrogens with zero attached hydrogens (tertiary/aromatic N) is 2. The fraction of sp³-hybridized carbons (Fsp3) is 0. The van der Waals surface area contributed by atoms with Crippen molar-refractivity contribution in [2.75, 3.05) is 4.90 Å². The Balaban J connectivity index is 1.25. The van der Waals surface area contributed by atoms with Crippen LogP contribution in [-0.2, 0) is 0 Å². The minimum Gasteiger partial charge on any atom is -0.456 e. The van der Waals surface area contributed by atoms with Crippen molar-refractivity contribution in [3.63, 3.8) is 0 Å². The number of anilines is 3. The second kappa shape index (κ2) is 11.0. The van der Waals surface area contributed by atoms with Crippen LogP contribution in [0.15, 0.2) is 186 Å². The smallest absolute Gasteiger partial charge is 0.136 e. The second-order valence-corrected chi connectivity index (χ2v) is 12.6. The number of aromatic nitrogens is 1. The van der Waals surface area contributed by atoms with Crippen molar-refractivity contribution in [1.82, 2.24) is 4.57 Å². The summed E-state index contributed by atoms with van der Waals surface area (Å²) in [6, 6.07) is 65.1. The molecule has 0 aliphatic carbocycles. The third-order valence-electron chi connectivity index (χ3n) is 9.74. The first kappa shape index (κ1) is 27.5. The number of furan rings is 1. The quantitative estimate of drug-likeness (QED) is 0.190. The van der Waals surface area contributed by atoms with Crippen molar-refractivity contribution in [3.05, 3.63) is 182 Å². The predicted octanol–water partition coefficient (Wildman–Crippen LogP) is 13.0. The maximum absolute atomic E-state index is 6.31. The standard InChI is InChI=1S/C46H30N2O/c1-3-12-31(13-4-1)33-14-11-17-35(28-33)47(36-24-22-32-23-27-45-46(41(32)29-36)40-19-8-10-21-44(40)49-45)37-25-26-39-38-18-7-9-20-42(38)48(43(39)30-37)34-15-5-2-6-16-34/h1-30H. The summed E-state index contributed by atoms with van der Waals surface area (Å²) >= 11 is 0. The zero-order valence-corrected chi connectivity index (χ0v) is 26.6. The highest BCUT2D eigenvalue weighted by atomic mass is 16.3. The summed E-state index contributed by atoms with van der Waals surface area (Å²) in [5, 5.41) is 7.10. The molecule has 2 heterocycles. The molecule has 3 nitrogen and oxygen atoms in total. The Labute approximate surface area is 283 Å². The van der Waals surface area contributed by atoms with E-state index in [1.165, 1.54) is 38.2 Å². The molecule has 0 spiro atoms. The topological polar surface area (TPSA) is 21.3 Å². The highest BCUT2D eigenvalue weighted by Gasteiger charge is 2.19. The SMILES string of the molecule is c1ccc(-c2cccc(N(c3ccc4ccc5oc6ccccc6c5c4c3)c3ccc4c5ccccc5n(-c5ccccc5)c4c3)c2)cc1. The molecule has 3 heteroatoms. The van der Waals surface area contributed by atoms with E-state index in [1.54, 1.807) is 0 Å². The van der Waals surface area contributed by atoms with E-state index in [4.69, 9.17) is 4.42 Å². The third kappa shape index (κ3) is 4.44. The molecular weight excluding hydrogens is 597 g/mol. The fourth-order valence-electron chi connectivity index (χ4n) is 7.53. The van der Waals surface area contributed by atoms with Gasteiger partial charge in [-0.05, 0) is 88.6 Å². The highest BCUT2D eigenvalue weighted by Crippen LogP contribution is 2.43. The van der Waals surface area contributed by atoms with Crippen LogP contribution in [-0.4, -0.2) is 4.57 Å². The molecule has 0 saturated heterocycles. The Hall–Kier alpha value is -6.58. The van der Waals surface area contributed by atoms with Crippen molar-refractivity contribution in [1.29, 1.82) is 0 Å². The molecule has 10 aromatic rings. The number of hydrogen-bond donors (Lipinski definition) is 0. The van der Waals surface area contributed by atoms with Crippen LogP contribution < -0.4 is 4.90 Å². The van der Waals surface area contributed by atoms with Gasteiger partial charge in [-0.2, -0.15) is 0 Å². The highest BCUT2D eigenvalue weighted by molar-refractivity contribution is 6.19. The first-order chi connectivity index (χ1) is 24.3. The summed E-state index contributed by atoms with van der Waals surface area (Å²) < 4.78 is 8.69. The maximum atomic E-state index is 6.31. The van der Waals surface area contributed by atoms with Crippen LogP contribution in [0.3, 0.4) is 0 Å². The van der Waals surface area contributed by atoms with Gasteiger partial charge in [-0.25, -0.2) is 0 Å². The molecule has 0 N–H and O–H groups in total. The molecule has 10 rings (SSSR count). The minimum atomic E-state index is 0.900. The predicted molar refractivity (Wildman–Crippen MR) is 206 cm³/mol. The first-order valence-electron chi connectivity index (χ1n) is 16.7. The van der Waals surface area contributed by atoms with Gasteiger partial charge in [-0.15, -0.1) is 0 Å². The van der Waals surface area contributed by atoms with E-state index in [0.29, 0.717) is 0 Å². The molecule has 0 fully saturated rings. The van der Waals surface area contributed by atoms with Gasteiger partial charge in [0.25, 0.3) is 0 Å².